The minimum Gasteiger partial charge on any atom is -0.364 e. The van der Waals surface area contributed by atoms with Gasteiger partial charge in [-0.25, -0.2) is 23.8 Å². The molecule has 5 rings (SSSR count). The Morgan fingerprint density at radius 2 is 1.75 bits per heavy atom. The summed E-state index contributed by atoms with van der Waals surface area (Å²) < 4.78 is 27.4. The van der Waals surface area contributed by atoms with Crippen LogP contribution in [0, 0.1) is 29.4 Å². The quantitative estimate of drug-likeness (QED) is 0.785. The normalized spacial score (nSPS) is 26.6. The SMILES string of the molecule is NC(=O)c1ccnc(N2C[C@H]3C[C@@H](C(=O)N4N=CC[C@H]4c4cc(F)cc(F)c4)C[C@H]3C2)n1. The van der Waals surface area contributed by atoms with Crippen LogP contribution in [-0.4, -0.2) is 46.1 Å². The van der Waals surface area contributed by atoms with E-state index >= 15 is 0 Å². The first-order valence-corrected chi connectivity index (χ1v) is 10.6. The summed E-state index contributed by atoms with van der Waals surface area (Å²) in [6.07, 6.45) is 4.96. The van der Waals surface area contributed by atoms with Gasteiger partial charge in [-0.2, -0.15) is 5.10 Å². The van der Waals surface area contributed by atoms with Crippen molar-refractivity contribution in [1.29, 1.82) is 0 Å². The molecule has 10 heteroatoms. The fourth-order valence-corrected chi connectivity index (χ4v) is 5.16. The summed E-state index contributed by atoms with van der Waals surface area (Å²) in [7, 11) is 0. The number of aromatic nitrogens is 2. The summed E-state index contributed by atoms with van der Waals surface area (Å²) in [5.74, 6) is -1.19. The van der Waals surface area contributed by atoms with Crippen molar-refractivity contribution in [2.75, 3.05) is 18.0 Å². The van der Waals surface area contributed by atoms with Crippen molar-refractivity contribution in [3.8, 4) is 0 Å². The van der Waals surface area contributed by atoms with Gasteiger partial charge in [-0.15, -0.1) is 0 Å². The summed E-state index contributed by atoms with van der Waals surface area (Å²) in [5, 5.41) is 5.61. The number of hydrogen-bond acceptors (Lipinski definition) is 6. The molecule has 1 aromatic heterocycles. The number of rotatable bonds is 4. The molecule has 2 amide bonds. The lowest BCUT2D eigenvalue weighted by Gasteiger charge is -2.26. The zero-order valence-electron chi connectivity index (χ0n) is 17.2. The molecule has 4 atom stereocenters. The number of primary amides is 1. The van der Waals surface area contributed by atoms with Crippen molar-refractivity contribution < 1.29 is 18.4 Å². The van der Waals surface area contributed by atoms with Gasteiger partial charge in [0.2, 0.25) is 11.9 Å². The van der Waals surface area contributed by atoms with Crippen LogP contribution in [0.2, 0.25) is 0 Å². The van der Waals surface area contributed by atoms with Crippen molar-refractivity contribution in [2.24, 2.45) is 28.6 Å². The Morgan fingerprint density at radius 3 is 2.41 bits per heavy atom. The molecule has 1 saturated heterocycles. The van der Waals surface area contributed by atoms with E-state index in [1.165, 1.54) is 29.4 Å². The molecule has 0 bridgehead atoms. The van der Waals surface area contributed by atoms with E-state index in [9.17, 15) is 18.4 Å². The van der Waals surface area contributed by atoms with Crippen LogP contribution in [0.3, 0.4) is 0 Å². The highest BCUT2D eigenvalue weighted by Crippen LogP contribution is 2.44. The Balaban J connectivity index is 1.26. The van der Waals surface area contributed by atoms with E-state index < -0.39 is 23.6 Å². The number of hydrazone groups is 1. The van der Waals surface area contributed by atoms with Gasteiger partial charge in [0.25, 0.3) is 5.91 Å². The number of nitrogens with two attached hydrogens (primary N) is 1. The van der Waals surface area contributed by atoms with Gasteiger partial charge in [0, 0.05) is 43.9 Å². The topological polar surface area (TPSA) is 105 Å². The first-order valence-electron chi connectivity index (χ1n) is 10.6. The summed E-state index contributed by atoms with van der Waals surface area (Å²) in [6, 6.07) is 4.32. The van der Waals surface area contributed by atoms with Crippen molar-refractivity contribution in [2.45, 2.75) is 25.3 Å². The average Bonchev–Trinajstić information content (AvgIpc) is 3.47. The molecule has 1 aromatic carbocycles. The molecule has 2 fully saturated rings. The largest absolute Gasteiger partial charge is 0.364 e. The van der Waals surface area contributed by atoms with E-state index in [-0.39, 0.29) is 17.5 Å². The molecule has 166 valence electrons. The van der Waals surface area contributed by atoms with Crippen molar-refractivity contribution in [3.63, 3.8) is 0 Å². The van der Waals surface area contributed by atoms with E-state index in [2.05, 4.69) is 15.1 Å². The molecular weight excluding hydrogens is 418 g/mol. The molecule has 32 heavy (non-hydrogen) atoms. The van der Waals surface area contributed by atoms with E-state index in [0.29, 0.717) is 55.7 Å². The van der Waals surface area contributed by atoms with Gasteiger partial charge < -0.3 is 10.6 Å². The van der Waals surface area contributed by atoms with Gasteiger partial charge in [0.05, 0.1) is 6.04 Å². The number of amides is 2. The Kier molecular flexibility index (Phi) is 5.07. The fraction of sp³-hybridized carbons (Fsp3) is 0.409. The van der Waals surface area contributed by atoms with Gasteiger partial charge in [0.15, 0.2) is 0 Å². The van der Waals surface area contributed by atoms with Crippen LogP contribution < -0.4 is 10.6 Å². The zero-order chi connectivity index (χ0) is 22.4. The van der Waals surface area contributed by atoms with Crippen molar-refractivity contribution in [1.82, 2.24) is 15.0 Å². The highest BCUT2D eigenvalue weighted by Gasteiger charge is 2.46. The standard InChI is InChI=1S/C22H22F2N6O2/c23-16-7-12(8-17(24)9-16)19-2-4-27-30(19)21(32)13-5-14-10-29(11-15(14)6-13)22-26-3-1-18(28-22)20(25)31/h1,3-4,7-9,13-15,19H,2,5-6,10-11H2,(H2,25,31)/t13-,14-,15+,19-/m0/s1. The number of halogens is 2. The number of carbonyl (C=O) groups excluding carboxylic acids is 2. The Hall–Kier alpha value is -3.43. The van der Waals surface area contributed by atoms with E-state index in [0.717, 1.165) is 6.07 Å². The van der Waals surface area contributed by atoms with E-state index in [1.807, 2.05) is 4.90 Å². The molecule has 1 saturated carbocycles. The zero-order valence-corrected chi connectivity index (χ0v) is 17.2. The number of benzene rings is 1. The summed E-state index contributed by atoms with van der Waals surface area (Å²) in [5.41, 5.74) is 5.89. The molecule has 1 aliphatic carbocycles. The molecule has 0 radical (unpaired) electrons. The highest BCUT2D eigenvalue weighted by atomic mass is 19.1. The highest BCUT2D eigenvalue weighted by molar-refractivity contribution is 5.90. The lowest BCUT2D eigenvalue weighted by atomic mass is 10.0. The first-order chi connectivity index (χ1) is 15.4. The van der Waals surface area contributed by atoms with Gasteiger partial charge in [0.1, 0.15) is 17.3 Å². The number of carbonyl (C=O) groups is 2. The van der Waals surface area contributed by atoms with E-state index in [1.54, 1.807) is 6.21 Å². The molecule has 2 aliphatic heterocycles. The van der Waals surface area contributed by atoms with Crippen LogP contribution in [0.25, 0.3) is 0 Å². The second-order valence-electron chi connectivity index (χ2n) is 8.63. The van der Waals surface area contributed by atoms with Crippen LogP contribution in [0.5, 0.6) is 0 Å². The molecule has 3 heterocycles. The fourth-order valence-electron chi connectivity index (χ4n) is 5.16. The maximum Gasteiger partial charge on any atom is 0.267 e. The predicted octanol–water partition coefficient (Wildman–Crippen LogP) is 2.28. The number of nitrogens with zero attached hydrogens (tertiary/aromatic N) is 5. The van der Waals surface area contributed by atoms with Crippen LogP contribution in [0.1, 0.15) is 41.4 Å². The third-order valence-electron chi connectivity index (χ3n) is 6.60. The van der Waals surface area contributed by atoms with Gasteiger partial charge in [-0.3, -0.25) is 9.59 Å². The summed E-state index contributed by atoms with van der Waals surface area (Å²) >= 11 is 0. The van der Waals surface area contributed by atoms with Crippen LogP contribution in [-0.2, 0) is 4.79 Å². The molecule has 2 aromatic rings. The molecule has 3 aliphatic rings. The molecule has 8 nitrogen and oxygen atoms in total. The Morgan fingerprint density at radius 1 is 1.06 bits per heavy atom. The predicted molar refractivity (Wildman–Crippen MR) is 112 cm³/mol. The second-order valence-corrected chi connectivity index (χ2v) is 8.63. The summed E-state index contributed by atoms with van der Waals surface area (Å²) in [4.78, 5) is 35.2. The summed E-state index contributed by atoms with van der Waals surface area (Å²) in [6.45, 7) is 1.39. The Labute approximate surface area is 183 Å². The monoisotopic (exact) mass is 440 g/mol. The van der Waals surface area contributed by atoms with Crippen molar-refractivity contribution in [3.05, 3.63) is 53.4 Å². The Bertz CT molecular complexity index is 1080. The maximum absolute atomic E-state index is 13.7. The van der Waals surface area contributed by atoms with Gasteiger partial charge in [-0.05, 0) is 48.4 Å². The number of fused-ring (bicyclic) bond motifs is 1. The molecule has 0 spiro atoms. The van der Waals surface area contributed by atoms with E-state index in [4.69, 9.17) is 5.73 Å². The van der Waals surface area contributed by atoms with Crippen molar-refractivity contribution >= 4 is 24.0 Å². The van der Waals surface area contributed by atoms with Gasteiger partial charge in [-0.1, -0.05) is 0 Å². The smallest absolute Gasteiger partial charge is 0.267 e. The van der Waals surface area contributed by atoms with Crippen LogP contribution >= 0.6 is 0 Å². The average molecular weight is 440 g/mol. The van der Waals surface area contributed by atoms with Gasteiger partial charge >= 0.3 is 0 Å². The molecular formula is C22H22F2N6O2. The third-order valence-corrected chi connectivity index (χ3v) is 6.60. The van der Waals surface area contributed by atoms with Crippen LogP contribution in [0.4, 0.5) is 14.7 Å². The lowest BCUT2D eigenvalue weighted by Crippen LogP contribution is -2.33. The first kappa shape index (κ1) is 20.5. The number of hydrogen-bond donors (Lipinski definition) is 1. The molecule has 2 N–H and O–H groups in total. The third kappa shape index (κ3) is 3.69. The molecule has 0 unspecified atom stereocenters. The second kappa shape index (κ2) is 7.92. The van der Waals surface area contributed by atoms with Crippen LogP contribution in [0.15, 0.2) is 35.6 Å². The minimum absolute atomic E-state index is 0.110. The minimum atomic E-state index is -0.669. The lowest BCUT2D eigenvalue weighted by molar-refractivity contribution is -0.137. The number of anilines is 1. The maximum atomic E-state index is 13.7.